The van der Waals surface area contributed by atoms with Crippen LogP contribution in [0.2, 0.25) is 0 Å². The lowest BCUT2D eigenvalue weighted by molar-refractivity contribution is -0.194. The molecule has 0 saturated heterocycles. The summed E-state index contributed by atoms with van der Waals surface area (Å²) >= 11 is 0. The van der Waals surface area contributed by atoms with Crippen LogP contribution in [0.4, 0.5) is 0 Å². The molecule has 0 aromatic heterocycles. The van der Waals surface area contributed by atoms with Gasteiger partial charge in [0.2, 0.25) is 0 Å². The first-order valence-electron chi connectivity index (χ1n) is 14.7. The molecule has 0 amide bonds. The van der Waals surface area contributed by atoms with E-state index < -0.39 is 69.7 Å². The number of ether oxygens (including phenoxy) is 2. The van der Waals surface area contributed by atoms with Crippen molar-refractivity contribution < 1.29 is 44.3 Å². The molecule has 0 aromatic rings. The van der Waals surface area contributed by atoms with E-state index >= 15 is 0 Å². The highest BCUT2D eigenvalue weighted by Crippen LogP contribution is 2.68. The molecule has 0 radical (unpaired) electrons. The summed E-state index contributed by atoms with van der Waals surface area (Å²) in [7, 11) is 0. The summed E-state index contributed by atoms with van der Waals surface area (Å²) in [4.78, 5) is 37.2. The second-order valence-electron chi connectivity index (χ2n) is 14.4. The second-order valence-corrected chi connectivity index (χ2v) is 14.4. The molecule has 3 fully saturated rings. The van der Waals surface area contributed by atoms with Gasteiger partial charge in [-0.2, -0.15) is 0 Å². The highest BCUT2D eigenvalue weighted by atomic mass is 16.6. The zero-order valence-electron chi connectivity index (χ0n) is 25.0. The third-order valence-corrected chi connectivity index (χ3v) is 11.1. The van der Waals surface area contributed by atoms with Crippen molar-refractivity contribution in [3.63, 3.8) is 0 Å². The van der Waals surface area contributed by atoms with Crippen LogP contribution in [0.15, 0.2) is 11.6 Å². The lowest BCUT2D eigenvalue weighted by atomic mass is 9.45. The van der Waals surface area contributed by atoms with Gasteiger partial charge < -0.3 is 29.9 Å². The van der Waals surface area contributed by atoms with E-state index in [4.69, 9.17) is 9.47 Å². The van der Waals surface area contributed by atoms with Crippen molar-refractivity contribution >= 4 is 17.7 Å². The number of aliphatic hydroxyl groups is 4. The molecule has 9 nitrogen and oxygen atoms in total. The molecule has 4 rings (SSSR count). The monoisotopic (exact) mass is 564 g/mol. The Morgan fingerprint density at radius 2 is 1.73 bits per heavy atom. The van der Waals surface area contributed by atoms with E-state index in [9.17, 15) is 34.8 Å². The predicted molar refractivity (Wildman–Crippen MR) is 146 cm³/mol. The number of esters is 2. The van der Waals surface area contributed by atoms with Gasteiger partial charge in [-0.1, -0.05) is 13.8 Å². The van der Waals surface area contributed by atoms with Crippen LogP contribution in [0.1, 0.15) is 99.8 Å². The molecule has 10 atom stereocenters. The zero-order valence-corrected chi connectivity index (χ0v) is 25.0. The van der Waals surface area contributed by atoms with Crippen molar-refractivity contribution in [2.24, 2.45) is 28.6 Å². The molecule has 0 spiro atoms. The standard InChI is InChI=1S/C31H48O9/c1-17(32)39-24-15-21-22(34)14-20-19(28(21,5)16-23(24)35)8-12-29(6)25(9-13-31(20,29)38)30(7,37)26(40-18(2)33)10-11-27(3,4)36/h14,19,21,23-26,35-38H,8-13,15-16H2,1-7H3/t19-,21+,23-,24+,25-,26+,28+,29+,30+,31+/m0/s1. The molecule has 0 aromatic carbocycles. The van der Waals surface area contributed by atoms with Crippen molar-refractivity contribution in [2.45, 2.75) is 135 Å². The fourth-order valence-corrected chi connectivity index (χ4v) is 9.01. The minimum absolute atomic E-state index is 0.131. The number of fused-ring (bicyclic) bond motifs is 5. The van der Waals surface area contributed by atoms with E-state index in [1.165, 1.54) is 13.8 Å². The normalized spacial score (nSPS) is 41.5. The minimum Gasteiger partial charge on any atom is -0.460 e. The van der Waals surface area contributed by atoms with Crippen LogP contribution in [0.5, 0.6) is 0 Å². The number of carbonyl (C=O) groups excluding carboxylic acids is 3. The highest BCUT2D eigenvalue weighted by Gasteiger charge is 2.69. The summed E-state index contributed by atoms with van der Waals surface area (Å²) in [6, 6.07) is 0. The first kappa shape index (κ1) is 31.1. The average Bonchev–Trinajstić information content (AvgIpc) is 3.09. The van der Waals surface area contributed by atoms with Gasteiger partial charge in [-0.15, -0.1) is 0 Å². The number of hydrogen-bond acceptors (Lipinski definition) is 9. The molecule has 4 N–H and O–H groups in total. The maximum atomic E-state index is 13.6. The molecule has 40 heavy (non-hydrogen) atoms. The van der Waals surface area contributed by atoms with Crippen molar-refractivity contribution in [1.82, 2.24) is 0 Å². The molecule has 226 valence electrons. The number of carbonyl (C=O) groups is 3. The number of aliphatic hydroxyl groups excluding tert-OH is 1. The number of allylic oxidation sites excluding steroid dienone is 1. The van der Waals surface area contributed by atoms with E-state index in [2.05, 4.69) is 0 Å². The predicted octanol–water partition coefficient (Wildman–Crippen LogP) is 3.00. The van der Waals surface area contributed by atoms with E-state index in [0.717, 1.165) is 0 Å². The van der Waals surface area contributed by atoms with E-state index in [0.29, 0.717) is 37.7 Å². The third-order valence-electron chi connectivity index (χ3n) is 11.1. The van der Waals surface area contributed by atoms with Crippen molar-refractivity contribution in [1.29, 1.82) is 0 Å². The van der Waals surface area contributed by atoms with E-state index in [1.54, 1.807) is 26.8 Å². The Bertz CT molecular complexity index is 1070. The SMILES string of the molecule is CC(=O)O[C@@H]1C[C@@H]2C(=O)C=C3[C@H](CC[C@]4(C)[C@@H]([C@@](C)(O)[C@@H](CCC(C)(C)O)OC(C)=O)CC[C@@]34O)[C@@]2(C)C[C@@H]1O. The Balaban J connectivity index is 1.67. The Morgan fingerprint density at radius 3 is 2.30 bits per heavy atom. The van der Waals surface area contributed by atoms with Gasteiger partial charge in [-0.25, -0.2) is 0 Å². The number of ketones is 1. The maximum Gasteiger partial charge on any atom is 0.303 e. The van der Waals surface area contributed by atoms with Gasteiger partial charge in [0.1, 0.15) is 17.8 Å². The van der Waals surface area contributed by atoms with Crippen LogP contribution in [0.25, 0.3) is 0 Å². The van der Waals surface area contributed by atoms with Gasteiger partial charge in [0, 0.05) is 25.2 Å². The van der Waals surface area contributed by atoms with Gasteiger partial charge in [-0.05, 0) is 101 Å². The third kappa shape index (κ3) is 5.05. The van der Waals surface area contributed by atoms with Gasteiger partial charge >= 0.3 is 11.9 Å². The quantitative estimate of drug-likeness (QED) is 0.342. The number of rotatable bonds is 7. The van der Waals surface area contributed by atoms with E-state index in [-0.39, 0.29) is 31.0 Å². The lowest BCUT2D eigenvalue weighted by Crippen LogP contribution is -2.63. The Morgan fingerprint density at radius 1 is 1.07 bits per heavy atom. The summed E-state index contributed by atoms with van der Waals surface area (Å²) in [5.74, 6) is -2.17. The fraction of sp³-hybridized carbons (Fsp3) is 0.839. The molecule has 3 saturated carbocycles. The summed E-state index contributed by atoms with van der Waals surface area (Å²) < 4.78 is 11.0. The van der Waals surface area contributed by atoms with Crippen molar-refractivity contribution in [2.75, 3.05) is 0 Å². The smallest absolute Gasteiger partial charge is 0.303 e. The van der Waals surface area contributed by atoms with Gasteiger partial charge in [0.25, 0.3) is 0 Å². The Labute approximate surface area is 237 Å². The molecular formula is C31H48O9. The van der Waals surface area contributed by atoms with Crippen LogP contribution in [-0.4, -0.2) is 73.3 Å². The van der Waals surface area contributed by atoms with Crippen LogP contribution >= 0.6 is 0 Å². The average molecular weight is 565 g/mol. The zero-order chi connectivity index (χ0) is 30.1. The van der Waals surface area contributed by atoms with Crippen LogP contribution < -0.4 is 0 Å². The summed E-state index contributed by atoms with van der Waals surface area (Å²) in [6.45, 7) is 11.5. The Kier molecular flexibility index (Phi) is 7.92. The minimum atomic E-state index is -1.49. The van der Waals surface area contributed by atoms with Crippen molar-refractivity contribution in [3.8, 4) is 0 Å². The van der Waals surface area contributed by atoms with Crippen molar-refractivity contribution in [3.05, 3.63) is 11.6 Å². The van der Waals surface area contributed by atoms with Crippen LogP contribution in [0.3, 0.4) is 0 Å². The highest BCUT2D eigenvalue weighted by molar-refractivity contribution is 5.95. The molecule has 0 aliphatic heterocycles. The van der Waals surface area contributed by atoms with E-state index in [1.807, 2.05) is 13.8 Å². The number of hydrogen-bond donors (Lipinski definition) is 4. The molecule has 0 heterocycles. The largest absolute Gasteiger partial charge is 0.460 e. The van der Waals surface area contributed by atoms with Crippen LogP contribution in [-0.2, 0) is 23.9 Å². The molecule has 4 aliphatic carbocycles. The molecule has 4 aliphatic rings. The second kappa shape index (κ2) is 10.2. The summed E-state index contributed by atoms with van der Waals surface area (Å²) in [5.41, 5.74) is -4.60. The molecular weight excluding hydrogens is 516 g/mol. The maximum absolute atomic E-state index is 13.6. The first-order chi connectivity index (χ1) is 18.3. The summed E-state index contributed by atoms with van der Waals surface area (Å²) in [5, 5.41) is 45.7. The topological polar surface area (TPSA) is 151 Å². The van der Waals surface area contributed by atoms with Gasteiger partial charge in [-0.3, -0.25) is 14.4 Å². The fourth-order valence-electron chi connectivity index (χ4n) is 9.01. The van der Waals surface area contributed by atoms with Gasteiger partial charge in [0.05, 0.1) is 17.3 Å². The Hall–Kier alpha value is -1.81. The molecule has 0 bridgehead atoms. The first-order valence-corrected chi connectivity index (χ1v) is 14.7. The summed E-state index contributed by atoms with van der Waals surface area (Å²) in [6.07, 6.45) is 2.20. The van der Waals surface area contributed by atoms with Crippen LogP contribution in [0, 0.1) is 28.6 Å². The molecule has 0 unspecified atom stereocenters. The lowest BCUT2D eigenvalue weighted by Gasteiger charge is -2.60. The molecule has 9 heteroatoms. The van der Waals surface area contributed by atoms with Gasteiger partial charge in [0.15, 0.2) is 5.78 Å².